The first kappa shape index (κ1) is 26.0. The minimum absolute atomic E-state index is 0.0635. The van der Waals surface area contributed by atoms with Gasteiger partial charge < -0.3 is 14.8 Å². The first-order valence-electron chi connectivity index (χ1n) is 10.7. The summed E-state index contributed by atoms with van der Waals surface area (Å²) in [5.41, 5.74) is 2.08. The Morgan fingerprint density at radius 1 is 1.06 bits per heavy atom. The highest BCUT2D eigenvalue weighted by molar-refractivity contribution is 7.92. The maximum atomic E-state index is 12.7. The van der Waals surface area contributed by atoms with Gasteiger partial charge in [-0.15, -0.1) is 11.3 Å². The van der Waals surface area contributed by atoms with Crippen LogP contribution in [0.15, 0.2) is 59.5 Å². The minimum Gasteiger partial charge on any atom is -0.495 e. The fraction of sp³-hybridized carbons (Fsp3) is 0.200. The topological polar surface area (TPSA) is 111 Å². The van der Waals surface area contributed by atoms with Gasteiger partial charge in [0.05, 0.1) is 29.9 Å². The molecule has 0 fully saturated rings. The Kier molecular flexibility index (Phi) is 8.31. The number of hydrogen-bond donors (Lipinski definition) is 2. The van der Waals surface area contributed by atoms with Crippen molar-refractivity contribution in [1.29, 1.82) is 0 Å². The van der Waals surface area contributed by atoms with Crippen molar-refractivity contribution in [3.63, 3.8) is 0 Å². The van der Waals surface area contributed by atoms with Gasteiger partial charge in [-0.25, -0.2) is 13.2 Å². The zero-order valence-corrected chi connectivity index (χ0v) is 21.4. The smallest absolute Gasteiger partial charge is 0.341 e. The van der Waals surface area contributed by atoms with Gasteiger partial charge in [-0.2, -0.15) is 0 Å². The van der Waals surface area contributed by atoms with Crippen molar-refractivity contribution in [3.05, 3.63) is 76.2 Å². The van der Waals surface area contributed by atoms with E-state index in [2.05, 4.69) is 10.0 Å². The van der Waals surface area contributed by atoms with Gasteiger partial charge in [0.1, 0.15) is 10.8 Å². The van der Waals surface area contributed by atoms with Crippen LogP contribution in [0.5, 0.6) is 5.75 Å². The second-order valence-corrected chi connectivity index (χ2v) is 10.3. The van der Waals surface area contributed by atoms with E-state index < -0.39 is 21.9 Å². The number of carbonyl (C=O) groups excluding carboxylic acids is 2. The van der Waals surface area contributed by atoms with Gasteiger partial charge in [0.25, 0.3) is 10.0 Å². The van der Waals surface area contributed by atoms with Crippen molar-refractivity contribution < 1.29 is 27.5 Å². The highest BCUT2D eigenvalue weighted by Gasteiger charge is 2.21. The average Bonchev–Trinajstić information content (AvgIpc) is 3.11. The molecule has 0 spiro atoms. The monoisotopic (exact) mass is 514 g/mol. The number of benzene rings is 2. The van der Waals surface area contributed by atoms with Crippen LogP contribution in [-0.4, -0.2) is 34.0 Å². The summed E-state index contributed by atoms with van der Waals surface area (Å²) in [6.07, 6.45) is 2.87. The maximum absolute atomic E-state index is 12.7. The fourth-order valence-corrected chi connectivity index (χ4v) is 5.30. The lowest BCUT2D eigenvalue weighted by Gasteiger charge is -2.11. The molecule has 184 valence electrons. The van der Waals surface area contributed by atoms with E-state index in [4.69, 9.17) is 9.47 Å². The number of hydrogen-bond acceptors (Lipinski definition) is 7. The third-order valence-electron chi connectivity index (χ3n) is 5.07. The lowest BCUT2D eigenvalue weighted by atomic mass is 10.1. The first-order valence-corrected chi connectivity index (χ1v) is 13.0. The summed E-state index contributed by atoms with van der Waals surface area (Å²) >= 11 is 1.30. The number of anilines is 2. The Hall–Kier alpha value is -3.63. The Morgan fingerprint density at radius 3 is 2.40 bits per heavy atom. The number of aryl methyl sites for hydroxylation is 1. The van der Waals surface area contributed by atoms with Crippen molar-refractivity contribution in [2.45, 2.75) is 25.7 Å². The zero-order chi connectivity index (χ0) is 25.6. The number of esters is 1. The predicted octanol–water partition coefficient (Wildman–Crippen LogP) is 5.00. The number of thiophene rings is 1. The van der Waals surface area contributed by atoms with Crippen LogP contribution >= 0.6 is 11.3 Å². The summed E-state index contributed by atoms with van der Waals surface area (Å²) in [6.45, 7) is 5.63. The van der Waals surface area contributed by atoms with Crippen molar-refractivity contribution in [1.82, 2.24) is 0 Å². The van der Waals surface area contributed by atoms with E-state index in [0.717, 1.165) is 10.4 Å². The van der Waals surface area contributed by atoms with Crippen LogP contribution in [-0.2, 0) is 19.6 Å². The third-order valence-corrected chi connectivity index (χ3v) is 7.57. The fourth-order valence-electron chi connectivity index (χ4n) is 3.18. The van der Waals surface area contributed by atoms with Crippen molar-refractivity contribution in [2.24, 2.45) is 0 Å². The molecule has 0 aliphatic heterocycles. The molecular formula is C25H26N2O6S2. The Labute approximate surface area is 208 Å². The second kappa shape index (κ2) is 11.2. The van der Waals surface area contributed by atoms with Crippen LogP contribution in [0, 0.1) is 13.8 Å². The van der Waals surface area contributed by atoms with Crippen molar-refractivity contribution >= 4 is 50.0 Å². The first-order chi connectivity index (χ1) is 16.7. The standard InChI is InChI=1S/C25H26N2O6S2/c1-5-33-25(29)23-16(2)17(3)34-24(23)26-22(28)15-12-18-10-13-19(14-11-18)35(30,31)27-20-8-6-7-9-21(20)32-4/h6-15,27H,5H2,1-4H3,(H,26,28). The van der Waals surface area contributed by atoms with E-state index in [1.165, 1.54) is 36.7 Å². The molecular weight excluding hydrogens is 488 g/mol. The summed E-state index contributed by atoms with van der Waals surface area (Å²) in [6, 6.07) is 12.8. The predicted molar refractivity (Wildman–Crippen MR) is 138 cm³/mol. The van der Waals surface area contributed by atoms with Gasteiger partial charge in [0.2, 0.25) is 5.91 Å². The highest BCUT2D eigenvalue weighted by atomic mass is 32.2. The lowest BCUT2D eigenvalue weighted by Crippen LogP contribution is -2.13. The number of para-hydroxylation sites is 2. The quantitative estimate of drug-likeness (QED) is 0.307. The zero-order valence-electron chi connectivity index (χ0n) is 19.7. The molecule has 1 amide bonds. The Balaban J connectivity index is 1.71. The Bertz CT molecular complexity index is 1360. The SMILES string of the molecule is CCOC(=O)c1c(NC(=O)C=Cc2ccc(S(=O)(=O)Nc3ccccc3OC)cc2)sc(C)c1C. The van der Waals surface area contributed by atoms with Crippen LogP contribution in [0.1, 0.15) is 33.3 Å². The number of nitrogens with one attached hydrogen (secondary N) is 2. The summed E-state index contributed by atoms with van der Waals surface area (Å²) in [5, 5.41) is 3.16. The summed E-state index contributed by atoms with van der Waals surface area (Å²) < 4.78 is 38.2. The molecule has 0 aliphatic carbocycles. The number of sulfonamides is 1. The minimum atomic E-state index is -3.83. The molecule has 0 atom stereocenters. The average molecular weight is 515 g/mol. The van der Waals surface area contributed by atoms with E-state index in [-0.39, 0.29) is 11.5 Å². The van der Waals surface area contributed by atoms with Crippen molar-refractivity contribution in [2.75, 3.05) is 23.8 Å². The molecule has 35 heavy (non-hydrogen) atoms. The van der Waals surface area contributed by atoms with Gasteiger partial charge in [0.15, 0.2) is 0 Å². The number of rotatable bonds is 9. The molecule has 0 saturated carbocycles. The summed E-state index contributed by atoms with van der Waals surface area (Å²) in [4.78, 5) is 25.7. The van der Waals surface area contributed by atoms with Gasteiger partial charge in [-0.3, -0.25) is 9.52 Å². The van der Waals surface area contributed by atoms with E-state index in [0.29, 0.717) is 27.6 Å². The summed E-state index contributed by atoms with van der Waals surface area (Å²) in [7, 11) is -2.37. The third kappa shape index (κ3) is 6.28. The Morgan fingerprint density at radius 2 is 1.74 bits per heavy atom. The van der Waals surface area contributed by atoms with Crippen LogP contribution in [0.4, 0.5) is 10.7 Å². The van der Waals surface area contributed by atoms with Crippen LogP contribution in [0.25, 0.3) is 6.08 Å². The van der Waals surface area contributed by atoms with Gasteiger partial charge in [-0.1, -0.05) is 24.3 Å². The number of ether oxygens (including phenoxy) is 2. The van der Waals surface area contributed by atoms with E-state index >= 15 is 0 Å². The highest BCUT2D eigenvalue weighted by Crippen LogP contribution is 2.33. The number of methoxy groups -OCH3 is 1. The van der Waals surface area contributed by atoms with Crippen LogP contribution in [0.2, 0.25) is 0 Å². The number of amides is 1. The van der Waals surface area contributed by atoms with Gasteiger partial charge in [-0.05, 0) is 62.2 Å². The van der Waals surface area contributed by atoms with Gasteiger partial charge >= 0.3 is 5.97 Å². The molecule has 2 aromatic carbocycles. The molecule has 0 radical (unpaired) electrons. The molecule has 0 saturated heterocycles. The van der Waals surface area contributed by atoms with Gasteiger partial charge in [0, 0.05) is 11.0 Å². The molecule has 10 heteroatoms. The molecule has 1 heterocycles. The number of carbonyl (C=O) groups is 2. The normalized spacial score (nSPS) is 11.3. The van der Waals surface area contributed by atoms with E-state index in [1.807, 2.05) is 13.8 Å². The molecule has 3 aromatic rings. The second-order valence-electron chi connectivity index (χ2n) is 7.41. The molecule has 0 bridgehead atoms. The molecule has 8 nitrogen and oxygen atoms in total. The lowest BCUT2D eigenvalue weighted by molar-refractivity contribution is -0.111. The van der Waals surface area contributed by atoms with Crippen LogP contribution < -0.4 is 14.8 Å². The molecule has 1 aromatic heterocycles. The van der Waals surface area contributed by atoms with E-state index in [9.17, 15) is 18.0 Å². The van der Waals surface area contributed by atoms with Crippen molar-refractivity contribution in [3.8, 4) is 5.75 Å². The molecule has 0 unspecified atom stereocenters. The maximum Gasteiger partial charge on any atom is 0.341 e. The summed E-state index contributed by atoms with van der Waals surface area (Å²) in [5.74, 6) is -0.498. The van der Waals surface area contributed by atoms with E-state index in [1.54, 1.807) is 49.4 Å². The van der Waals surface area contributed by atoms with Crippen LogP contribution in [0.3, 0.4) is 0 Å². The molecule has 2 N–H and O–H groups in total. The molecule has 0 aliphatic rings. The molecule has 3 rings (SSSR count). The largest absolute Gasteiger partial charge is 0.495 e.